The Bertz CT molecular complexity index is 298. The molecule has 1 fully saturated rings. The smallest absolute Gasteiger partial charge is 0.228 e. The first-order valence-electron chi connectivity index (χ1n) is 6.11. The van der Waals surface area contributed by atoms with Crippen molar-refractivity contribution in [2.24, 2.45) is 5.92 Å². The molecule has 0 atom stereocenters. The molecular formula is C13H20O3. The zero-order chi connectivity index (χ0) is 11.6. The van der Waals surface area contributed by atoms with E-state index >= 15 is 0 Å². The Morgan fingerprint density at radius 3 is 2.69 bits per heavy atom. The highest BCUT2D eigenvalue weighted by Crippen LogP contribution is 2.37. The fourth-order valence-corrected chi connectivity index (χ4v) is 2.55. The monoisotopic (exact) mass is 224 g/mol. The summed E-state index contributed by atoms with van der Waals surface area (Å²) in [4.78, 5) is 12.3. The highest BCUT2D eigenvalue weighted by molar-refractivity contribution is 6.00. The first-order valence-corrected chi connectivity index (χ1v) is 6.11. The number of carbonyl (C=O) groups excluding carboxylic acids is 1. The van der Waals surface area contributed by atoms with Crippen molar-refractivity contribution in [3.8, 4) is 0 Å². The molecule has 16 heavy (non-hydrogen) atoms. The van der Waals surface area contributed by atoms with Gasteiger partial charge in [0.15, 0.2) is 5.76 Å². The van der Waals surface area contributed by atoms with Crippen LogP contribution in [-0.2, 0) is 14.3 Å². The van der Waals surface area contributed by atoms with Crippen LogP contribution in [0.25, 0.3) is 0 Å². The molecule has 0 radical (unpaired) electrons. The third kappa shape index (κ3) is 2.01. The van der Waals surface area contributed by atoms with Gasteiger partial charge < -0.3 is 9.47 Å². The molecule has 0 N–H and O–H groups in total. The molecule has 1 saturated carbocycles. The second-order valence-electron chi connectivity index (χ2n) is 4.92. The fourth-order valence-electron chi connectivity index (χ4n) is 2.55. The van der Waals surface area contributed by atoms with Crippen LogP contribution in [-0.4, -0.2) is 25.1 Å². The summed E-state index contributed by atoms with van der Waals surface area (Å²) in [7, 11) is 1.64. The maximum absolute atomic E-state index is 12.3. The van der Waals surface area contributed by atoms with Crippen molar-refractivity contribution in [1.82, 2.24) is 0 Å². The van der Waals surface area contributed by atoms with Gasteiger partial charge in [-0.2, -0.15) is 0 Å². The molecule has 0 amide bonds. The predicted molar refractivity (Wildman–Crippen MR) is 61.0 cm³/mol. The van der Waals surface area contributed by atoms with Gasteiger partial charge in [-0.3, -0.25) is 4.79 Å². The zero-order valence-electron chi connectivity index (χ0n) is 10.1. The number of methoxy groups -OCH3 is 1. The Morgan fingerprint density at radius 2 is 2.19 bits per heavy atom. The summed E-state index contributed by atoms with van der Waals surface area (Å²) in [5, 5.41) is 0. The van der Waals surface area contributed by atoms with Crippen molar-refractivity contribution in [1.29, 1.82) is 0 Å². The van der Waals surface area contributed by atoms with Gasteiger partial charge in [-0.05, 0) is 37.7 Å². The number of ether oxygens (including phenoxy) is 2. The van der Waals surface area contributed by atoms with Crippen LogP contribution >= 0.6 is 0 Å². The minimum atomic E-state index is -0.608. The Kier molecular flexibility index (Phi) is 3.33. The van der Waals surface area contributed by atoms with E-state index in [-0.39, 0.29) is 5.78 Å². The van der Waals surface area contributed by atoms with Gasteiger partial charge >= 0.3 is 0 Å². The van der Waals surface area contributed by atoms with Gasteiger partial charge in [0, 0.05) is 13.5 Å². The van der Waals surface area contributed by atoms with E-state index in [0.29, 0.717) is 18.3 Å². The lowest BCUT2D eigenvalue weighted by Crippen LogP contribution is -2.44. The summed E-state index contributed by atoms with van der Waals surface area (Å²) >= 11 is 0. The fraction of sp³-hybridized carbons (Fsp3) is 0.769. The van der Waals surface area contributed by atoms with Crippen molar-refractivity contribution >= 4 is 5.78 Å². The maximum atomic E-state index is 12.3. The molecule has 0 bridgehead atoms. The highest BCUT2D eigenvalue weighted by Gasteiger charge is 2.43. The number of ketones is 1. The SMILES string of the molecule is COC1(C(=O)C2=CCCO2)CCC(C)CC1. The summed E-state index contributed by atoms with van der Waals surface area (Å²) in [6.45, 7) is 2.87. The van der Waals surface area contributed by atoms with Crippen LogP contribution in [0.3, 0.4) is 0 Å². The van der Waals surface area contributed by atoms with Crippen LogP contribution < -0.4 is 0 Å². The quantitative estimate of drug-likeness (QED) is 0.738. The molecule has 0 aromatic rings. The average molecular weight is 224 g/mol. The minimum Gasteiger partial charge on any atom is -0.490 e. The Morgan fingerprint density at radius 1 is 1.50 bits per heavy atom. The van der Waals surface area contributed by atoms with Gasteiger partial charge in [0.2, 0.25) is 5.78 Å². The van der Waals surface area contributed by atoms with Crippen molar-refractivity contribution < 1.29 is 14.3 Å². The van der Waals surface area contributed by atoms with Crippen molar-refractivity contribution in [2.45, 2.75) is 44.6 Å². The molecule has 0 unspecified atom stereocenters. The molecule has 1 aliphatic carbocycles. The van der Waals surface area contributed by atoms with E-state index in [1.54, 1.807) is 7.11 Å². The normalized spacial score (nSPS) is 34.4. The van der Waals surface area contributed by atoms with E-state index in [1.807, 2.05) is 6.08 Å². The highest BCUT2D eigenvalue weighted by atomic mass is 16.5. The molecule has 0 spiro atoms. The van der Waals surface area contributed by atoms with Crippen LogP contribution in [0.5, 0.6) is 0 Å². The van der Waals surface area contributed by atoms with Crippen LogP contribution in [0, 0.1) is 5.92 Å². The molecule has 3 nitrogen and oxygen atoms in total. The summed E-state index contributed by atoms with van der Waals surface area (Å²) < 4.78 is 10.9. The summed E-state index contributed by atoms with van der Waals surface area (Å²) in [6.07, 6.45) is 6.51. The average Bonchev–Trinajstić information content (AvgIpc) is 2.83. The molecular weight excluding hydrogens is 204 g/mol. The van der Waals surface area contributed by atoms with Gasteiger partial charge in [0.25, 0.3) is 0 Å². The minimum absolute atomic E-state index is 0.0550. The van der Waals surface area contributed by atoms with Gasteiger partial charge in [-0.25, -0.2) is 0 Å². The topological polar surface area (TPSA) is 35.5 Å². The summed E-state index contributed by atoms with van der Waals surface area (Å²) in [5.74, 6) is 1.28. The van der Waals surface area contributed by atoms with Crippen molar-refractivity contribution in [2.75, 3.05) is 13.7 Å². The van der Waals surface area contributed by atoms with E-state index in [2.05, 4.69) is 6.92 Å². The molecule has 2 rings (SSSR count). The van der Waals surface area contributed by atoms with Gasteiger partial charge in [0.1, 0.15) is 5.60 Å². The van der Waals surface area contributed by atoms with Gasteiger partial charge in [-0.15, -0.1) is 0 Å². The largest absolute Gasteiger partial charge is 0.490 e. The number of hydrogen-bond acceptors (Lipinski definition) is 3. The molecule has 0 aromatic carbocycles. The first-order chi connectivity index (χ1) is 7.68. The van der Waals surface area contributed by atoms with Crippen molar-refractivity contribution in [3.05, 3.63) is 11.8 Å². The predicted octanol–water partition coefficient (Wildman–Crippen LogP) is 2.46. The molecule has 1 aliphatic heterocycles. The Labute approximate surface area is 96.8 Å². The van der Waals surface area contributed by atoms with Crippen LogP contribution in [0.15, 0.2) is 11.8 Å². The molecule has 90 valence electrons. The van der Waals surface area contributed by atoms with Crippen molar-refractivity contribution in [3.63, 3.8) is 0 Å². The third-order valence-corrected chi connectivity index (χ3v) is 3.82. The Balaban J connectivity index is 2.11. The lowest BCUT2D eigenvalue weighted by molar-refractivity contribution is -0.145. The second-order valence-corrected chi connectivity index (χ2v) is 4.92. The number of hydrogen-bond donors (Lipinski definition) is 0. The van der Waals surface area contributed by atoms with Crippen LogP contribution in [0.4, 0.5) is 0 Å². The Hall–Kier alpha value is -0.830. The first kappa shape index (κ1) is 11.6. The zero-order valence-corrected chi connectivity index (χ0v) is 10.1. The summed E-state index contributed by atoms with van der Waals surface area (Å²) in [6, 6.07) is 0. The lowest BCUT2D eigenvalue weighted by atomic mass is 9.76. The second kappa shape index (κ2) is 4.58. The number of carbonyl (C=O) groups is 1. The van der Waals surface area contributed by atoms with Crippen LogP contribution in [0.1, 0.15) is 39.0 Å². The molecule has 1 heterocycles. The van der Waals surface area contributed by atoms with E-state index in [1.165, 1.54) is 0 Å². The third-order valence-electron chi connectivity index (χ3n) is 3.82. The molecule has 0 aromatic heterocycles. The summed E-state index contributed by atoms with van der Waals surface area (Å²) in [5.41, 5.74) is -0.608. The number of Topliss-reactive ketones (excluding diaryl/α,β-unsaturated/α-hetero) is 1. The number of rotatable bonds is 3. The van der Waals surface area contributed by atoms with Crippen LogP contribution in [0.2, 0.25) is 0 Å². The molecule has 0 saturated heterocycles. The van der Waals surface area contributed by atoms with E-state index in [9.17, 15) is 4.79 Å². The molecule has 3 heteroatoms. The van der Waals surface area contributed by atoms with Gasteiger partial charge in [0.05, 0.1) is 6.61 Å². The lowest BCUT2D eigenvalue weighted by Gasteiger charge is -2.36. The maximum Gasteiger partial charge on any atom is 0.228 e. The standard InChI is InChI=1S/C13H20O3/c1-10-5-7-13(15-2,8-6-10)12(14)11-4-3-9-16-11/h4,10H,3,5-9H2,1-2H3. The molecule has 2 aliphatic rings. The van der Waals surface area contributed by atoms with E-state index in [4.69, 9.17) is 9.47 Å². The van der Waals surface area contributed by atoms with E-state index < -0.39 is 5.60 Å². The van der Waals surface area contributed by atoms with Gasteiger partial charge in [-0.1, -0.05) is 6.92 Å². The van der Waals surface area contributed by atoms with E-state index in [0.717, 1.165) is 32.1 Å².